The van der Waals surface area contributed by atoms with E-state index in [-0.39, 0.29) is 0 Å². The first-order valence-corrected chi connectivity index (χ1v) is 10.3. The molecule has 2 N–H and O–H groups in total. The molecule has 26 heavy (non-hydrogen) atoms. The first-order valence-electron chi connectivity index (χ1n) is 10.3. The van der Waals surface area contributed by atoms with Gasteiger partial charge in [-0.2, -0.15) is 5.10 Å². The summed E-state index contributed by atoms with van der Waals surface area (Å²) in [5.74, 6) is 1.65. The summed E-state index contributed by atoms with van der Waals surface area (Å²) >= 11 is 0. The minimum atomic E-state index is 0.820. The molecule has 2 aliphatic rings. The van der Waals surface area contributed by atoms with Gasteiger partial charge < -0.3 is 5.43 Å². The zero-order valence-corrected chi connectivity index (χ0v) is 15.6. The van der Waals surface area contributed by atoms with E-state index in [2.05, 4.69) is 39.2 Å². The smallest absolute Gasteiger partial charge is 0.174 e. The molecule has 0 amide bonds. The first-order chi connectivity index (χ1) is 12.9. The van der Waals surface area contributed by atoms with E-state index in [1.807, 2.05) is 12.3 Å². The lowest BCUT2D eigenvalue weighted by molar-refractivity contribution is 0.349. The highest BCUT2D eigenvalue weighted by Crippen LogP contribution is 2.33. The number of rotatable bonds is 5. The number of nitrogens with zero attached hydrogens (tertiary/aromatic N) is 2. The Morgan fingerprint density at radius 3 is 2.58 bits per heavy atom. The number of benzene rings is 1. The van der Waals surface area contributed by atoms with Crippen molar-refractivity contribution in [3.63, 3.8) is 0 Å². The van der Waals surface area contributed by atoms with Gasteiger partial charge >= 0.3 is 0 Å². The van der Waals surface area contributed by atoms with Gasteiger partial charge in [0.05, 0.1) is 6.20 Å². The van der Waals surface area contributed by atoms with Crippen molar-refractivity contribution in [2.75, 3.05) is 5.43 Å². The molecule has 0 unspecified atom stereocenters. The van der Waals surface area contributed by atoms with Crippen LogP contribution in [-0.4, -0.2) is 10.2 Å². The first kappa shape index (κ1) is 17.3. The van der Waals surface area contributed by atoms with Gasteiger partial charge in [-0.15, -0.1) is 5.10 Å². The third-order valence-corrected chi connectivity index (χ3v) is 6.00. The highest BCUT2D eigenvalue weighted by molar-refractivity contribution is 5.90. The lowest BCUT2D eigenvalue weighted by atomic mass is 9.83. The predicted molar refractivity (Wildman–Crippen MR) is 108 cm³/mol. The summed E-state index contributed by atoms with van der Waals surface area (Å²) in [4.78, 5) is 0. The van der Waals surface area contributed by atoms with Crippen LogP contribution in [0.25, 0.3) is 10.8 Å². The van der Waals surface area contributed by atoms with Crippen molar-refractivity contribution in [2.45, 2.75) is 70.6 Å². The molecule has 2 aliphatic carbocycles. The van der Waals surface area contributed by atoms with Crippen molar-refractivity contribution < 1.29 is 0 Å². The molecular weight excluding hydrogens is 320 g/mol. The van der Waals surface area contributed by atoms with Crippen LogP contribution >= 0.6 is 0 Å². The van der Waals surface area contributed by atoms with E-state index in [0.717, 1.165) is 22.5 Å². The van der Waals surface area contributed by atoms with Crippen LogP contribution < -0.4 is 10.9 Å². The second-order valence-corrected chi connectivity index (χ2v) is 7.88. The van der Waals surface area contributed by atoms with Crippen LogP contribution in [0.4, 0.5) is 5.82 Å². The molecule has 4 heteroatoms. The molecule has 2 aromatic rings. The van der Waals surface area contributed by atoms with Gasteiger partial charge in [0.2, 0.25) is 0 Å². The molecule has 0 atom stereocenters. The van der Waals surface area contributed by atoms with Crippen molar-refractivity contribution in [2.24, 2.45) is 5.92 Å². The van der Waals surface area contributed by atoms with Crippen LogP contribution in [0.15, 0.2) is 41.7 Å². The molecule has 1 aromatic heterocycles. The van der Waals surface area contributed by atoms with Crippen molar-refractivity contribution in [3.05, 3.63) is 41.7 Å². The van der Waals surface area contributed by atoms with E-state index in [0.29, 0.717) is 0 Å². The average Bonchev–Trinajstić information content (AvgIpc) is 2.72. The van der Waals surface area contributed by atoms with Crippen LogP contribution in [0, 0.1) is 5.92 Å². The zero-order chi connectivity index (χ0) is 17.6. The number of hydrogen-bond donors (Lipinski definition) is 2. The van der Waals surface area contributed by atoms with Gasteiger partial charge in [-0.25, -0.2) is 0 Å². The maximum Gasteiger partial charge on any atom is 0.174 e. The van der Waals surface area contributed by atoms with E-state index >= 15 is 0 Å². The SMILES string of the molecule is c1ccc2c(NNC(CC3CCCCC3)=C3CCCCC3)nncc2c1. The summed E-state index contributed by atoms with van der Waals surface area (Å²) in [7, 11) is 0. The zero-order valence-electron chi connectivity index (χ0n) is 15.6. The third-order valence-electron chi connectivity index (χ3n) is 6.00. The van der Waals surface area contributed by atoms with Crippen LogP contribution in [0.3, 0.4) is 0 Å². The highest BCUT2D eigenvalue weighted by Gasteiger charge is 2.19. The summed E-state index contributed by atoms with van der Waals surface area (Å²) in [5, 5.41) is 10.7. The normalized spacial score (nSPS) is 18.7. The van der Waals surface area contributed by atoms with Crippen LogP contribution in [0.1, 0.15) is 70.6 Å². The van der Waals surface area contributed by atoms with E-state index in [4.69, 9.17) is 0 Å². The number of nitrogens with one attached hydrogen (secondary N) is 2. The Hall–Kier alpha value is -2.10. The van der Waals surface area contributed by atoms with E-state index < -0.39 is 0 Å². The van der Waals surface area contributed by atoms with Gasteiger partial charge in [0.1, 0.15) is 0 Å². The molecule has 4 rings (SSSR count). The lowest BCUT2D eigenvalue weighted by Crippen LogP contribution is -2.26. The number of hydrogen-bond acceptors (Lipinski definition) is 4. The summed E-state index contributed by atoms with van der Waals surface area (Å²) in [6, 6.07) is 8.28. The standard InChI is InChI=1S/C22H30N4/c1-3-9-17(10-4-1)15-21(18-11-5-2-6-12-18)24-26-22-20-14-8-7-13-19(20)16-23-25-22/h7-8,13-14,16-17,24H,1-6,9-12,15H2,(H,25,26). The Bertz CT molecular complexity index is 748. The second-order valence-electron chi connectivity index (χ2n) is 7.88. The molecular formula is C22H30N4. The third kappa shape index (κ3) is 4.17. The van der Waals surface area contributed by atoms with Crippen molar-refractivity contribution in [3.8, 4) is 0 Å². The van der Waals surface area contributed by atoms with Gasteiger partial charge in [-0.3, -0.25) is 5.43 Å². The molecule has 2 saturated carbocycles. The van der Waals surface area contributed by atoms with E-state index in [1.54, 1.807) is 5.57 Å². The van der Waals surface area contributed by atoms with Gasteiger partial charge in [0.25, 0.3) is 0 Å². The Balaban J connectivity index is 1.52. The highest BCUT2D eigenvalue weighted by atomic mass is 15.4. The number of fused-ring (bicyclic) bond motifs is 1. The fourth-order valence-electron chi connectivity index (χ4n) is 4.50. The van der Waals surface area contributed by atoms with Crippen molar-refractivity contribution in [1.29, 1.82) is 0 Å². The monoisotopic (exact) mass is 350 g/mol. The van der Waals surface area contributed by atoms with Crippen molar-refractivity contribution >= 4 is 16.6 Å². The largest absolute Gasteiger partial charge is 0.304 e. The fourth-order valence-corrected chi connectivity index (χ4v) is 4.50. The van der Waals surface area contributed by atoms with E-state index in [1.165, 1.54) is 76.3 Å². The minimum Gasteiger partial charge on any atom is -0.304 e. The Morgan fingerprint density at radius 2 is 1.73 bits per heavy atom. The molecule has 4 nitrogen and oxygen atoms in total. The molecule has 0 bridgehead atoms. The molecule has 0 spiro atoms. The molecule has 1 heterocycles. The molecule has 0 saturated heterocycles. The van der Waals surface area contributed by atoms with Gasteiger partial charge in [-0.05, 0) is 43.6 Å². The van der Waals surface area contributed by atoms with Gasteiger partial charge in [-0.1, -0.05) is 62.8 Å². The summed E-state index contributed by atoms with van der Waals surface area (Å²) in [6.07, 6.45) is 16.5. The number of hydrazine groups is 1. The number of anilines is 1. The molecule has 2 fully saturated rings. The fraction of sp³-hybridized carbons (Fsp3) is 0.545. The summed E-state index contributed by atoms with van der Waals surface area (Å²) in [6.45, 7) is 0. The van der Waals surface area contributed by atoms with E-state index in [9.17, 15) is 0 Å². The molecule has 138 valence electrons. The summed E-state index contributed by atoms with van der Waals surface area (Å²) < 4.78 is 0. The number of allylic oxidation sites excluding steroid dienone is 2. The lowest BCUT2D eigenvalue weighted by Gasteiger charge is -2.27. The topological polar surface area (TPSA) is 49.8 Å². The predicted octanol–water partition coefficient (Wildman–Crippen LogP) is 5.73. The Labute approximate surface area is 156 Å². The average molecular weight is 351 g/mol. The van der Waals surface area contributed by atoms with Crippen LogP contribution in [0.2, 0.25) is 0 Å². The van der Waals surface area contributed by atoms with Crippen LogP contribution in [-0.2, 0) is 0 Å². The number of aromatic nitrogens is 2. The minimum absolute atomic E-state index is 0.820. The van der Waals surface area contributed by atoms with Crippen LogP contribution in [0.5, 0.6) is 0 Å². The quantitative estimate of drug-likeness (QED) is 0.676. The van der Waals surface area contributed by atoms with Crippen molar-refractivity contribution in [1.82, 2.24) is 15.6 Å². The molecule has 1 aromatic carbocycles. The molecule has 0 radical (unpaired) electrons. The summed E-state index contributed by atoms with van der Waals surface area (Å²) in [5.41, 5.74) is 10.0. The molecule has 0 aliphatic heterocycles. The van der Waals surface area contributed by atoms with Gasteiger partial charge in [0.15, 0.2) is 5.82 Å². The maximum atomic E-state index is 4.32. The Kier molecular flexibility index (Phi) is 5.68. The maximum absolute atomic E-state index is 4.32. The Morgan fingerprint density at radius 1 is 0.962 bits per heavy atom. The second kappa shape index (κ2) is 8.52. The van der Waals surface area contributed by atoms with Gasteiger partial charge in [0, 0.05) is 16.5 Å².